The molecule has 2 heterocycles. The first-order valence-corrected chi connectivity index (χ1v) is 6.88. The molecule has 106 valence electrons. The van der Waals surface area contributed by atoms with E-state index in [2.05, 4.69) is 20.8 Å². The zero-order valence-electron chi connectivity index (χ0n) is 11.1. The van der Waals surface area contributed by atoms with E-state index in [1.165, 1.54) is 0 Å². The van der Waals surface area contributed by atoms with Crippen molar-refractivity contribution in [3.05, 3.63) is 18.7 Å². The van der Waals surface area contributed by atoms with Crippen LogP contribution in [0.15, 0.2) is 23.8 Å². The van der Waals surface area contributed by atoms with Crippen molar-refractivity contribution in [3.63, 3.8) is 0 Å². The molecule has 0 aromatic carbocycles. The largest absolute Gasteiger partial charge is 0.346 e. The van der Waals surface area contributed by atoms with Gasteiger partial charge in [-0.3, -0.25) is 9.59 Å². The lowest BCUT2D eigenvalue weighted by molar-refractivity contribution is -0.121. The van der Waals surface area contributed by atoms with Gasteiger partial charge in [0, 0.05) is 31.3 Å². The second-order valence-corrected chi connectivity index (χ2v) is 5.18. The molecule has 2 atom stereocenters. The Hall–Kier alpha value is -2.18. The van der Waals surface area contributed by atoms with E-state index >= 15 is 0 Å². The van der Waals surface area contributed by atoms with Gasteiger partial charge in [0.15, 0.2) is 0 Å². The number of hydrazone groups is 1. The second kappa shape index (κ2) is 5.44. The summed E-state index contributed by atoms with van der Waals surface area (Å²) in [5, 5.41) is 6.86. The molecule has 0 saturated heterocycles. The highest BCUT2D eigenvalue weighted by atomic mass is 16.2. The zero-order valence-corrected chi connectivity index (χ0v) is 11.1. The summed E-state index contributed by atoms with van der Waals surface area (Å²) >= 11 is 0. The molecule has 0 bridgehead atoms. The van der Waals surface area contributed by atoms with Crippen LogP contribution in [0.4, 0.5) is 0 Å². The molecular weight excluding hydrogens is 258 g/mol. The van der Waals surface area contributed by atoms with E-state index in [0.717, 1.165) is 19.3 Å². The lowest BCUT2D eigenvalue weighted by Crippen LogP contribution is -2.43. The number of imidazole rings is 1. The highest BCUT2D eigenvalue weighted by Crippen LogP contribution is 2.29. The fraction of sp³-hybridized carbons (Fsp3) is 0.538. The Labute approximate surface area is 116 Å². The summed E-state index contributed by atoms with van der Waals surface area (Å²) < 4.78 is 2.04. The van der Waals surface area contributed by atoms with Crippen molar-refractivity contribution in [2.24, 2.45) is 5.10 Å². The number of carbonyl (C=O) groups is 2. The molecule has 1 aliphatic heterocycles. The van der Waals surface area contributed by atoms with Gasteiger partial charge in [0.05, 0.1) is 12.4 Å². The van der Waals surface area contributed by atoms with E-state index in [1.807, 2.05) is 10.8 Å². The van der Waals surface area contributed by atoms with E-state index in [0.29, 0.717) is 18.6 Å². The van der Waals surface area contributed by atoms with Gasteiger partial charge in [-0.1, -0.05) is 0 Å². The fourth-order valence-corrected chi connectivity index (χ4v) is 2.82. The average molecular weight is 275 g/mol. The molecule has 3 rings (SSSR count). The van der Waals surface area contributed by atoms with Crippen molar-refractivity contribution >= 4 is 17.5 Å². The van der Waals surface area contributed by atoms with Gasteiger partial charge < -0.3 is 9.88 Å². The van der Waals surface area contributed by atoms with Crippen LogP contribution in [0, 0.1) is 0 Å². The van der Waals surface area contributed by atoms with E-state index in [9.17, 15) is 9.59 Å². The highest BCUT2D eigenvalue weighted by Gasteiger charge is 2.31. The molecule has 2 amide bonds. The Morgan fingerprint density at radius 3 is 3.00 bits per heavy atom. The molecule has 0 radical (unpaired) electrons. The van der Waals surface area contributed by atoms with Gasteiger partial charge in [0.25, 0.3) is 5.91 Å². The Morgan fingerprint density at radius 1 is 1.40 bits per heavy atom. The highest BCUT2D eigenvalue weighted by molar-refractivity contribution is 6.39. The maximum atomic E-state index is 12.2. The summed E-state index contributed by atoms with van der Waals surface area (Å²) in [7, 11) is 0. The number of nitrogens with zero attached hydrogens (tertiary/aromatic N) is 3. The van der Waals surface area contributed by atoms with Crippen LogP contribution in [0.25, 0.3) is 0 Å². The molecule has 20 heavy (non-hydrogen) atoms. The molecule has 1 aliphatic carbocycles. The Bertz CT molecular complexity index is 537. The number of aromatic nitrogens is 2. The minimum Gasteiger partial charge on any atom is -0.346 e. The number of nitrogens with one attached hydrogen (secondary N) is 2. The van der Waals surface area contributed by atoms with E-state index < -0.39 is 0 Å². The third-order valence-corrected chi connectivity index (χ3v) is 3.87. The predicted molar refractivity (Wildman–Crippen MR) is 71.9 cm³/mol. The van der Waals surface area contributed by atoms with Crippen LogP contribution in [0.3, 0.4) is 0 Å². The second-order valence-electron chi connectivity index (χ2n) is 5.18. The van der Waals surface area contributed by atoms with E-state index in [1.54, 1.807) is 12.5 Å². The van der Waals surface area contributed by atoms with E-state index in [-0.39, 0.29) is 23.9 Å². The zero-order chi connectivity index (χ0) is 13.9. The van der Waals surface area contributed by atoms with Crippen molar-refractivity contribution in [2.45, 2.75) is 44.2 Å². The van der Waals surface area contributed by atoms with Gasteiger partial charge in [-0.25, -0.2) is 10.4 Å². The standard InChI is InChI=1S/C13H17N5O2/c19-12-5-4-10(16-17-12)13(20)15-9-2-1-3-11(9)18-7-6-14-8-18/h6-9,11H,1-5H2,(H,15,20)(H,17,19). The quantitative estimate of drug-likeness (QED) is 0.834. The number of hydrogen-bond acceptors (Lipinski definition) is 4. The molecule has 2 aliphatic rings. The number of amides is 2. The lowest BCUT2D eigenvalue weighted by Gasteiger charge is -2.23. The summed E-state index contributed by atoms with van der Waals surface area (Å²) in [6.07, 6.45) is 9.25. The predicted octanol–water partition coefficient (Wildman–Crippen LogP) is 0.359. The number of rotatable bonds is 3. The van der Waals surface area contributed by atoms with Crippen molar-refractivity contribution in [3.8, 4) is 0 Å². The van der Waals surface area contributed by atoms with Crippen LogP contribution in [0.1, 0.15) is 38.1 Å². The van der Waals surface area contributed by atoms with Crippen LogP contribution in [-0.4, -0.2) is 33.1 Å². The summed E-state index contributed by atoms with van der Waals surface area (Å²) in [5.41, 5.74) is 2.75. The molecule has 1 saturated carbocycles. The van der Waals surface area contributed by atoms with Crippen LogP contribution < -0.4 is 10.7 Å². The monoisotopic (exact) mass is 275 g/mol. The molecule has 7 heteroatoms. The Morgan fingerprint density at radius 2 is 2.30 bits per heavy atom. The van der Waals surface area contributed by atoms with Gasteiger partial charge >= 0.3 is 0 Å². The summed E-state index contributed by atoms with van der Waals surface area (Å²) in [5.74, 6) is -0.319. The summed E-state index contributed by atoms with van der Waals surface area (Å²) in [6.45, 7) is 0. The molecule has 1 aromatic heterocycles. The van der Waals surface area contributed by atoms with Gasteiger partial charge in [0.2, 0.25) is 5.91 Å². The van der Waals surface area contributed by atoms with Gasteiger partial charge in [-0.05, 0) is 19.3 Å². The minimum atomic E-state index is -0.179. The van der Waals surface area contributed by atoms with Gasteiger partial charge in [0.1, 0.15) is 5.71 Å². The minimum absolute atomic E-state index is 0.0945. The molecule has 1 aromatic rings. The van der Waals surface area contributed by atoms with Crippen LogP contribution in [0.2, 0.25) is 0 Å². The summed E-state index contributed by atoms with van der Waals surface area (Å²) in [6, 6.07) is 0.345. The first-order valence-electron chi connectivity index (χ1n) is 6.88. The van der Waals surface area contributed by atoms with Crippen molar-refractivity contribution in [2.75, 3.05) is 0 Å². The smallest absolute Gasteiger partial charge is 0.267 e. The molecule has 7 nitrogen and oxygen atoms in total. The number of carbonyl (C=O) groups excluding carboxylic acids is 2. The van der Waals surface area contributed by atoms with Crippen molar-refractivity contribution < 1.29 is 9.59 Å². The number of hydrogen-bond donors (Lipinski definition) is 2. The topological polar surface area (TPSA) is 88.4 Å². The molecule has 2 unspecified atom stereocenters. The van der Waals surface area contributed by atoms with Gasteiger partial charge in [-0.15, -0.1) is 0 Å². The van der Waals surface area contributed by atoms with E-state index in [4.69, 9.17) is 0 Å². The van der Waals surface area contributed by atoms with Gasteiger partial charge in [-0.2, -0.15) is 5.10 Å². The normalized spacial score (nSPS) is 26.0. The Balaban J connectivity index is 1.65. The van der Waals surface area contributed by atoms with Crippen LogP contribution in [-0.2, 0) is 9.59 Å². The van der Waals surface area contributed by atoms with Crippen LogP contribution in [0.5, 0.6) is 0 Å². The third-order valence-electron chi connectivity index (χ3n) is 3.87. The van der Waals surface area contributed by atoms with Crippen LogP contribution >= 0.6 is 0 Å². The maximum Gasteiger partial charge on any atom is 0.267 e. The fourth-order valence-electron chi connectivity index (χ4n) is 2.82. The van der Waals surface area contributed by atoms with Crippen molar-refractivity contribution in [1.82, 2.24) is 20.3 Å². The van der Waals surface area contributed by atoms with Crippen molar-refractivity contribution in [1.29, 1.82) is 0 Å². The summed E-state index contributed by atoms with van der Waals surface area (Å²) in [4.78, 5) is 27.2. The molecule has 1 fully saturated rings. The molecular formula is C13H17N5O2. The maximum absolute atomic E-state index is 12.2. The SMILES string of the molecule is O=C1CCC(C(=O)NC2CCCC2n2ccnc2)=NN1. The molecule has 0 spiro atoms. The lowest BCUT2D eigenvalue weighted by atomic mass is 10.1. The molecule has 2 N–H and O–H groups in total. The third kappa shape index (κ3) is 2.56. The Kier molecular flexibility index (Phi) is 3.49. The first kappa shape index (κ1) is 12.8. The average Bonchev–Trinajstić information content (AvgIpc) is 3.09. The first-order chi connectivity index (χ1) is 9.74.